The number of hydrogen-bond donors (Lipinski definition) is 1. The molecule has 1 aromatic carbocycles. The molecule has 1 aliphatic rings. The molecule has 2 N–H and O–H groups in total. The Kier molecular flexibility index (Phi) is 5.07. The Morgan fingerprint density at radius 3 is 2.50 bits per heavy atom. The Morgan fingerprint density at radius 1 is 1.12 bits per heavy atom. The van der Waals surface area contributed by atoms with Crippen LogP contribution in [0.25, 0.3) is 0 Å². The van der Waals surface area contributed by atoms with Crippen molar-refractivity contribution in [2.45, 2.75) is 38.0 Å². The van der Waals surface area contributed by atoms with E-state index in [1.807, 2.05) is 12.1 Å². The van der Waals surface area contributed by atoms with Gasteiger partial charge in [0, 0.05) is 17.8 Å². The summed E-state index contributed by atoms with van der Waals surface area (Å²) in [5, 5.41) is 8.50. The Labute approximate surface area is 141 Å². The van der Waals surface area contributed by atoms with Crippen LogP contribution in [0.5, 0.6) is 11.6 Å². The number of hydrogen-bond acceptors (Lipinski definition) is 4. The zero-order chi connectivity index (χ0) is 16.8. The van der Waals surface area contributed by atoms with Crippen molar-refractivity contribution in [3.05, 3.63) is 53.7 Å². The van der Waals surface area contributed by atoms with Gasteiger partial charge in [-0.2, -0.15) is 10.3 Å². The summed E-state index contributed by atoms with van der Waals surface area (Å²) in [6, 6.07) is 11.7. The Morgan fingerprint density at radius 2 is 1.88 bits per heavy atom. The van der Waals surface area contributed by atoms with E-state index in [0.717, 1.165) is 5.75 Å². The van der Waals surface area contributed by atoms with E-state index in [0.29, 0.717) is 17.4 Å². The number of nitrogens with zero attached hydrogens (tertiary/aromatic N) is 3. The molecule has 0 spiro atoms. The van der Waals surface area contributed by atoms with Gasteiger partial charge in [-0.15, -0.1) is 0 Å². The third-order valence-electron chi connectivity index (χ3n) is 4.38. The van der Waals surface area contributed by atoms with Crippen molar-refractivity contribution in [2.24, 2.45) is 10.7 Å². The number of pyridine rings is 1. The summed E-state index contributed by atoms with van der Waals surface area (Å²) in [5.74, 6) is 2.07. The number of nitriles is 1. The van der Waals surface area contributed by atoms with E-state index in [1.54, 1.807) is 24.5 Å². The molecule has 0 amide bonds. The number of rotatable bonds is 4. The highest BCUT2D eigenvalue weighted by Crippen LogP contribution is 2.33. The van der Waals surface area contributed by atoms with Crippen LogP contribution in [0.15, 0.2) is 47.6 Å². The van der Waals surface area contributed by atoms with Crippen LogP contribution in [0.2, 0.25) is 0 Å². The van der Waals surface area contributed by atoms with E-state index < -0.39 is 0 Å². The van der Waals surface area contributed by atoms with Gasteiger partial charge in [-0.1, -0.05) is 31.4 Å². The zero-order valence-corrected chi connectivity index (χ0v) is 13.5. The first-order chi connectivity index (χ1) is 11.8. The Bertz CT molecular complexity index is 738. The maximum atomic E-state index is 8.50. The molecule has 122 valence electrons. The molecule has 1 aromatic heterocycles. The fourth-order valence-electron chi connectivity index (χ4n) is 3.08. The third kappa shape index (κ3) is 3.90. The molecule has 1 fully saturated rings. The second-order valence-corrected chi connectivity index (χ2v) is 5.99. The number of benzene rings is 1. The number of aromatic nitrogens is 1. The van der Waals surface area contributed by atoms with E-state index in [1.165, 1.54) is 37.7 Å². The largest absolute Gasteiger partial charge is 0.439 e. The topological polar surface area (TPSA) is 84.3 Å². The van der Waals surface area contributed by atoms with Gasteiger partial charge in [-0.3, -0.25) is 0 Å². The van der Waals surface area contributed by atoms with Gasteiger partial charge in [-0.25, -0.2) is 4.98 Å². The molecule has 5 nitrogen and oxygen atoms in total. The molecule has 0 atom stereocenters. The highest BCUT2D eigenvalue weighted by atomic mass is 16.5. The van der Waals surface area contributed by atoms with Crippen LogP contribution in [-0.2, 0) is 0 Å². The molecule has 0 unspecified atom stereocenters. The first kappa shape index (κ1) is 16.0. The van der Waals surface area contributed by atoms with E-state index in [4.69, 9.17) is 15.7 Å². The van der Waals surface area contributed by atoms with Crippen LogP contribution in [0.1, 0.15) is 49.1 Å². The number of nitrogens with two attached hydrogens (primary N) is 1. The standard InChI is InChI=1S/C19H20N4O/c20-13-23-19(21)16-8-11-18(22-12-16)24-17-9-6-15(7-10-17)14-4-2-1-3-5-14/h6-12,14H,1-5H2,(H2,21,23). The van der Waals surface area contributed by atoms with Gasteiger partial charge in [0.1, 0.15) is 11.6 Å². The van der Waals surface area contributed by atoms with Gasteiger partial charge >= 0.3 is 0 Å². The number of ether oxygens (including phenoxy) is 1. The summed E-state index contributed by atoms with van der Waals surface area (Å²) in [6.45, 7) is 0. The maximum Gasteiger partial charge on any atom is 0.219 e. The van der Waals surface area contributed by atoms with Crippen molar-refractivity contribution in [1.82, 2.24) is 4.98 Å². The van der Waals surface area contributed by atoms with Crippen molar-refractivity contribution in [3.8, 4) is 17.8 Å². The average Bonchev–Trinajstić information content (AvgIpc) is 2.64. The van der Waals surface area contributed by atoms with Crippen molar-refractivity contribution in [1.29, 1.82) is 5.26 Å². The second kappa shape index (κ2) is 7.60. The molecule has 5 heteroatoms. The zero-order valence-electron chi connectivity index (χ0n) is 13.5. The minimum Gasteiger partial charge on any atom is -0.439 e. The fourth-order valence-corrected chi connectivity index (χ4v) is 3.08. The highest BCUT2D eigenvalue weighted by molar-refractivity contribution is 5.97. The van der Waals surface area contributed by atoms with Crippen LogP contribution >= 0.6 is 0 Å². The summed E-state index contributed by atoms with van der Waals surface area (Å²) in [4.78, 5) is 7.68. The van der Waals surface area contributed by atoms with Gasteiger partial charge in [0.25, 0.3) is 0 Å². The van der Waals surface area contributed by atoms with Crippen molar-refractivity contribution >= 4 is 5.84 Å². The van der Waals surface area contributed by atoms with E-state index >= 15 is 0 Å². The van der Waals surface area contributed by atoms with E-state index in [2.05, 4.69) is 22.1 Å². The van der Waals surface area contributed by atoms with Crippen molar-refractivity contribution < 1.29 is 4.74 Å². The van der Waals surface area contributed by atoms with Gasteiger partial charge in [-0.05, 0) is 42.5 Å². The highest BCUT2D eigenvalue weighted by Gasteiger charge is 2.15. The smallest absolute Gasteiger partial charge is 0.219 e. The van der Waals surface area contributed by atoms with Crippen molar-refractivity contribution in [2.75, 3.05) is 0 Å². The molecular weight excluding hydrogens is 300 g/mol. The van der Waals surface area contributed by atoms with Crippen LogP contribution in [-0.4, -0.2) is 10.8 Å². The predicted molar refractivity (Wildman–Crippen MR) is 92.9 cm³/mol. The average molecular weight is 320 g/mol. The molecule has 0 bridgehead atoms. The molecule has 0 saturated heterocycles. The van der Waals surface area contributed by atoms with Gasteiger partial charge in [0.2, 0.25) is 12.1 Å². The first-order valence-electron chi connectivity index (χ1n) is 8.23. The summed E-state index contributed by atoms with van der Waals surface area (Å²) in [6.07, 6.45) is 9.80. The lowest BCUT2D eigenvalue weighted by Crippen LogP contribution is -2.12. The number of amidine groups is 1. The lowest BCUT2D eigenvalue weighted by atomic mass is 9.84. The normalized spacial score (nSPS) is 15.7. The summed E-state index contributed by atoms with van der Waals surface area (Å²) < 4.78 is 5.76. The first-order valence-corrected chi connectivity index (χ1v) is 8.23. The molecular formula is C19H20N4O. The quantitative estimate of drug-likeness (QED) is 0.522. The van der Waals surface area contributed by atoms with Gasteiger partial charge < -0.3 is 10.5 Å². The van der Waals surface area contributed by atoms with Crippen LogP contribution in [0.3, 0.4) is 0 Å². The molecule has 2 aromatic rings. The van der Waals surface area contributed by atoms with Crippen LogP contribution in [0.4, 0.5) is 0 Å². The Balaban J connectivity index is 1.65. The summed E-state index contributed by atoms with van der Waals surface area (Å²) in [5.41, 5.74) is 7.63. The fraction of sp³-hybridized carbons (Fsp3) is 0.316. The van der Waals surface area contributed by atoms with E-state index in [-0.39, 0.29) is 5.84 Å². The Hall–Kier alpha value is -2.87. The number of aliphatic imine (C=N–C) groups is 1. The van der Waals surface area contributed by atoms with Crippen LogP contribution < -0.4 is 10.5 Å². The maximum absolute atomic E-state index is 8.50. The lowest BCUT2D eigenvalue weighted by Gasteiger charge is -2.22. The molecule has 0 radical (unpaired) electrons. The van der Waals surface area contributed by atoms with Crippen LogP contribution in [0, 0.1) is 11.5 Å². The summed E-state index contributed by atoms with van der Waals surface area (Å²) >= 11 is 0. The van der Waals surface area contributed by atoms with Gasteiger partial charge in [0.15, 0.2) is 0 Å². The van der Waals surface area contributed by atoms with Crippen molar-refractivity contribution in [3.63, 3.8) is 0 Å². The predicted octanol–water partition coefficient (Wildman–Crippen LogP) is 4.11. The molecule has 0 aliphatic heterocycles. The monoisotopic (exact) mass is 320 g/mol. The third-order valence-corrected chi connectivity index (χ3v) is 4.38. The molecule has 24 heavy (non-hydrogen) atoms. The second-order valence-electron chi connectivity index (χ2n) is 5.99. The SMILES string of the molecule is N#C/N=C(\N)c1ccc(Oc2ccc(C3CCCCC3)cc2)nc1. The van der Waals surface area contributed by atoms with E-state index in [9.17, 15) is 0 Å². The molecule has 3 rings (SSSR count). The molecule has 1 aliphatic carbocycles. The minimum absolute atomic E-state index is 0.147. The molecule has 1 saturated carbocycles. The lowest BCUT2D eigenvalue weighted by molar-refractivity contribution is 0.441. The van der Waals surface area contributed by atoms with Gasteiger partial charge in [0.05, 0.1) is 0 Å². The molecule has 1 heterocycles. The summed E-state index contributed by atoms with van der Waals surface area (Å²) in [7, 11) is 0. The minimum atomic E-state index is 0.147.